The molecule has 0 aliphatic rings. The second kappa shape index (κ2) is 8.04. The van der Waals surface area contributed by atoms with E-state index in [1.807, 2.05) is 30.3 Å². The van der Waals surface area contributed by atoms with Crippen LogP contribution in [-0.4, -0.2) is 16.3 Å². The van der Waals surface area contributed by atoms with E-state index >= 15 is 0 Å². The number of nitrogens with zero attached hydrogens (tertiary/aromatic N) is 2. The molecule has 1 heterocycles. The van der Waals surface area contributed by atoms with Gasteiger partial charge in [-0.3, -0.25) is 15.5 Å². The van der Waals surface area contributed by atoms with Gasteiger partial charge in [0.05, 0.1) is 11.1 Å². The number of nitrogens with one attached hydrogen (secondary N) is 2. The van der Waals surface area contributed by atoms with Crippen molar-refractivity contribution in [3.8, 4) is 11.3 Å². The van der Waals surface area contributed by atoms with E-state index in [4.69, 9.17) is 16.6 Å². The smallest absolute Gasteiger partial charge is 0.269 e. The molecule has 0 bridgehead atoms. The first-order valence-corrected chi connectivity index (χ1v) is 8.02. The Morgan fingerprint density at radius 1 is 1.08 bits per heavy atom. The first-order valence-electron chi connectivity index (χ1n) is 7.61. The number of non-ortho nitro benzene ring substituents is 1. The molecule has 1 aromatic heterocycles. The van der Waals surface area contributed by atoms with Crippen LogP contribution < -0.4 is 10.7 Å². The van der Waals surface area contributed by atoms with Crippen LogP contribution in [-0.2, 0) is 0 Å². The van der Waals surface area contributed by atoms with Gasteiger partial charge in [-0.25, -0.2) is 0 Å². The third kappa shape index (κ3) is 4.52. The summed E-state index contributed by atoms with van der Waals surface area (Å²) in [6.45, 7) is 0. The van der Waals surface area contributed by atoms with Gasteiger partial charge < -0.3 is 9.73 Å². The first kappa shape index (κ1) is 17.3. The van der Waals surface area contributed by atoms with Crippen LogP contribution >= 0.6 is 12.2 Å². The van der Waals surface area contributed by atoms with E-state index in [1.165, 1.54) is 18.3 Å². The number of anilines is 1. The van der Waals surface area contributed by atoms with E-state index in [9.17, 15) is 10.1 Å². The summed E-state index contributed by atoms with van der Waals surface area (Å²) in [6.07, 6.45) is 1.49. The van der Waals surface area contributed by atoms with Crippen LogP contribution in [0.5, 0.6) is 0 Å². The number of nitro groups is 1. The second-order valence-corrected chi connectivity index (χ2v) is 5.60. The number of hydrogen-bond acceptors (Lipinski definition) is 5. The molecule has 7 nitrogen and oxygen atoms in total. The van der Waals surface area contributed by atoms with Crippen molar-refractivity contribution in [1.29, 1.82) is 0 Å². The van der Waals surface area contributed by atoms with E-state index in [0.29, 0.717) is 16.6 Å². The van der Waals surface area contributed by atoms with Gasteiger partial charge in [-0.2, -0.15) is 5.10 Å². The Bertz CT molecular complexity index is 937. The summed E-state index contributed by atoms with van der Waals surface area (Å²) in [4.78, 5) is 10.2. The van der Waals surface area contributed by atoms with Gasteiger partial charge in [-0.05, 0) is 48.6 Å². The zero-order valence-electron chi connectivity index (χ0n) is 13.5. The van der Waals surface area contributed by atoms with Gasteiger partial charge in [-0.15, -0.1) is 0 Å². The van der Waals surface area contributed by atoms with Crippen molar-refractivity contribution in [3.05, 3.63) is 82.6 Å². The van der Waals surface area contributed by atoms with Gasteiger partial charge in [-0.1, -0.05) is 18.2 Å². The molecule has 3 rings (SSSR count). The highest BCUT2D eigenvalue weighted by molar-refractivity contribution is 7.80. The van der Waals surface area contributed by atoms with Crippen molar-refractivity contribution < 1.29 is 9.34 Å². The number of rotatable bonds is 5. The first-order chi connectivity index (χ1) is 12.6. The van der Waals surface area contributed by atoms with Gasteiger partial charge in [0.2, 0.25) is 0 Å². The van der Waals surface area contributed by atoms with Crippen LogP contribution in [0.4, 0.5) is 11.4 Å². The number of benzene rings is 2. The average Bonchev–Trinajstić information content (AvgIpc) is 3.11. The van der Waals surface area contributed by atoms with E-state index in [-0.39, 0.29) is 5.69 Å². The summed E-state index contributed by atoms with van der Waals surface area (Å²) in [5, 5.41) is 18.1. The number of thiocarbonyl (C=S) groups is 1. The average molecular weight is 366 g/mol. The van der Waals surface area contributed by atoms with Crippen LogP contribution in [0.3, 0.4) is 0 Å². The highest BCUT2D eigenvalue weighted by atomic mass is 32.1. The third-order valence-electron chi connectivity index (χ3n) is 3.38. The molecule has 2 N–H and O–H groups in total. The number of furan rings is 1. The molecule has 0 aliphatic heterocycles. The largest absolute Gasteiger partial charge is 0.455 e. The van der Waals surface area contributed by atoms with Crippen molar-refractivity contribution >= 4 is 34.9 Å². The molecule has 0 saturated heterocycles. The van der Waals surface area contributed by atoms with E-state index in [2.05, 4.69) is 15.8 Å². The van der Waals surface area contributed by atoms with Gasteiger partial charge in [0.15, 0.2) is 5.11 Å². The SMILES string of the molecule is O=[N+]([O-])c1ccc(-c2ccc(C=NNC(=S)Nc3ccccc3)o2)cc1. The maximum absolute atomic E-state index is 10.7. The maximum atomic E-state index is 10.7. The van der Waals surface area contributed by atoms with Gasteiger partial charge in [0.1, 0.15) is 11.5 Å². The van der Waals surface area contributed by atoms with Crippen molar-refractivity contribution in [2.75, 3.05) is 5.32 Å². The summed E-state index contributed by atoms with van der Waals surface area (Å²) in [5.74, 6) is 1.11. The van der Waals surface area contributed by atoms with Gasteiger partial charge in [0.25, 0.3) is 5.69 Å². The molecular weight excluding hydrogens is 352 g/mol. The van der Waals surface area contributed by atoms with Crippen molar-refractivity contribution in [3.63, 3.8) is 0 Å². The molecule has 130 valence electrons. The lowest BCUT2D eigenvalue weighted by molar-refractivity contribution is -0.384. The standard InChI is InChI=1S/C18H14N4O3S/c23-22(24)15-8-6-13(7-9-15)17-11-10-16(25-17)12-19-21-18(26)20-14-4-2-1-3-5-14/h1-12H,(H2,20,21,26). The molecule has 2 aromatic carbocycles. The Balaban J connectivity index is 1.58. The van der Waals surface area contributed by atoms with Crippen LogP contribution in [0.25, 0.3) is 11.3 Å². The summed E-state index contributed by atoms with van der Waals surface area (Å²) in [6, 6.07) is 19.1. The Morgan fingerprint density at radius 2 is 1.81 bits per heavy atom. The minimum atomic E-state index is -0.442. The molecule has 0 unspecified atom stereocenters. The van der Waals surface area contributed by atoms with E-state index in [1.54, 1.807) is 24.3 Å². The molecule has 0 saturated carbocycles. The lowest BCUT2D eigenvalue weighted by Gasteiger charge is -2.05. The maximum Gasteiger partial charge on any atom is 0.269 e. The monoisotopic (exact) mass is 366 g/mol. The minimum Gasteiger partial charge on any atom is -0.455 e. The third-order valence-corrected chi connectivity index (χ3v) is 3.57. The van der Waals surface area contributed by atoms with Crippen LogP contribution in [0, 0.1) is 10.1 Å². The molecular formula is C18H14N4O3S. The molecule has 0 fully saturated rings. The summed E-state index contributed by atoms with van der Waals surface area (Å²) < 4.78 is 5.65. The number of hydrogen-bond donors (Lipinski definition) is 2. The number of nitro benzene ring substituents is 1. The second-order valence-electron chi connectivity index (χ2n) is 5.20. The zero-order chi connectivity index (χ0) is 18.4. The number of para-hydroxylation sites is 1. The summed E-state index contributed by atoms with van der Waals surface area (Å²) in [7, 11) is 0. The van der Waals surface area contributed by atoms with Crippen molar-refractivity contribution in [2.45, 2.75) is 0 Å². The van der Waals surface area contributed by atoms with Gasteiger partial charge >= 0.3 is 0 Å². The van der Waals surface area contributed by atoms with Crippen LogP contribution in [0.1, 0.15) is 5.76 Å². The minimum absolute atomic E-state index is 0.0331. The predicted molar refractivity (Wildman–Crippen MR) is 104 cm³/mol. The Labute approximate surface area is 154 Å². The van der Waals surface area contributed by atoms with Crippen molar-refractivity contribution in [2.24, 2.45) is 5.10 Å². The van der Waals surface area contributed by atoms with E-state index < -0.39 is 4.92 Å². The molecule has 0 radical (unpaired) electrons. The molecule has 0 spiro atoms. The fourth-order valence-electron chi connectivity index (χ4n) is 2.16. The lowest BCUT2D eigenvalue weighted by atomic mass is 10.1. The molecule has 0 atom stereocenters. The number of hydrazone groups is 1. The fraction of sp³-hybridized carbons (Fsp3) is 0. The zero-order valence-corrected chi connectivity index (χ0v) is 14.3. The van der Waals surface area contributed by atoms with Gasteiger partial charge in [0, 0.05) is 23.4 Å². The van der Waals surface area contributed by atoms with Crippen molar-refractivity contribution in [1.82, 2.24) is 5.43 Å². The molecule has 3 aromatic rings. The molecule has 0 aliphatic carbocycles. The normalized spacial score (nSPS) is 10.6. The van der Waals surface area contributed by atoms with Crippen LogP contribution in [0.2, 0.25) is 0 Å². The summed E-state index contributed by atoms with van der Waals surface area (Å²) >= 11 is 5.14. The van der Waals surface area contributed by atoms with Crippen LogP contribution in [0.15, 0.2) is 76.2 Å². The quantitative estimate of drug-likeness (QED) is 0.305. The Hall–Kier alpha value is -3.52. The molecule has 8 heteroatoms. The Kier molecular flexibility index (Phi) is 5.35. The highest BCUT2D eigenvalue weighted by Crippen LogP contribution is 2.23. The Morgan fingerprint density at radius 3 is 2.50 bits per heavy atom. The lowest BCUT2D eigenvalue weighted by Crippen LogP contribution is -2.23. The molecule has 0 amide bonds. The summed E-state index contributed by atoms with van der Waals surface area (Å²) in [5.41, 5.74) is 4.34. The van der Waals surface area contributed by atoms with E-state index in [0.717, 1.165) is 11.3 Å². The molecule has 26 heavy (non-hydrogen) atoms. The topological polar surface area (TPSA) is 92.7 Å². The highest BCUT2D eigenvalue weighted by Gasteiger charge is 2.07. The fourth-order valence-corrected chi connectivity index (χ4v) is 2.33. The predicted octanol–water partition coefficient (Wildman–Crippen LogP) is 4.18.